The highest BCUT2D eigenvalue weighted by atomic mass is 19.3. The van der Waals surface area contributed by atoms with Crippen molar-refractivity contribution in [3.05, 3.63) is 49.1 Å². The minimum atomic E-state index is -2.67. The molecule has 4 heterocycles. The van der Waals surface area contributed by atoms with E-state index in [0.29, 0.717) is 23.6 Å². The van der Waals surface area contributed by atoms with E-state index >= 15 is 0 Å². The number of hydrogen-bond acceptors (Lipinski definition) is 6. The van der Waals surface area contributed by atoms with Gasteiger partial charge in [-0.2, -0.15) is 0 Å². The summed E-state index contributed by atoms with van der Waals surface area (Å²) in [6, 6.07) is 7.61. The number of nitrogens with zero attached hydrogens (tertiary/aromatic N) is 5. The maximum absolute atomic E-state index is 14.1. The maximum atomic E-state index is 14.1. The van der Waals surface area contributed by atoms with Crippen molar-refractivity contribution in [2.45, 2.75) is 43.4 Å². The van der Waals surface area contributed by atoms with Gasteiger partial charge in [0.25, 0.3) is 5.92 Å². The van der Waals surface area contributed by atoms with Gasteiger partial charge in [0.15, 0.2) is 0 Å². The number of halogens is 2. The van der Waals surface area contributed by atoms with Crippen LogP contribution in [-0.4, -0.2) is 60.9 Å². The van der Waals surface area contributed by atoms with E-state index in [1.807, 2.05) is 6.07 Å². The summed E-state index contributed by atoms with van der Waals surface area (Å²) in [5, 5.41) is 18.6. The average molecular weight is 413 g/mol. The molecule has 2 saturated heterocycles. The zero-order valence-electron chi connectivity index (χ0n) is 16.3. The third kappa shape index (κ3) is 3.28. The number of phenolic OH excluding ortho intramolecular Hbond substituents is 1. The summed E-state index contributed by atoms with van der Waals surface area (Å²) in [6.45, 7) is 0. The van der Waals surface area contributed by atoms with Crippen LogP contribution in [0.2, 0.25) is 0 Å². The molecule has 2 bridgehead atoms. The zero-order valence-corrected chi connectivity index (χ0v) is 16.3. The summed E-state index contributed by atoms with van der Waals surface area (Å²) < 4.78 is 35.9. The van der Waals surface area contributed by atoms with Crippen molar-refractivity contribution in [1.29, 1.82) is 0 Å². The number of benzene rings is 1. The summed E-state index contributed by atoms with van der Waals surface area (Å²) >= 11 is 0. The first-order valence-corrected chi connectivity index (χ1v) is 9.82. The summed E-state index contributed by atoms with van der Waals surface area (Å²) in [5.41, 5.74) is 1.80. The predicted molar refractivity (Wildman–Crippen MR) is 105 cm³/mol. The first kappa shape index (κ1) is 18.9. The molecule has 0 radical (unpaired) electrons. The fraction of sp³-hybridized carbons (Fsp3) is 0.381. The zero-order chi connectivity index (χ0) is 20.9. The van der Waals surface area contributed by atoms with Gasteiger partial charge in [-0.05, 0) is 25.2 Å². The van der Waals surface area contributed by atoms with E-state index in [1.165, 1.54) is 0 Å². The first-order chi connectivity index (χ1) is 14.4. The second-order valence-corrected chi connectivity index (χ2v) is 7.94. The lowest BCUT2D eigenvalue weighted by Crippen LogP contribution is -2.47. The lowest BCUT2D eigenvalue weighted by Gasteiger charge is -2.36. The van der Waals surface area contributed by atoms with Crippen molar-refractivity contribution in [3.63, 3.8) is 0 Å². The van der Waals surface area contributed by atoms with Gasteiger partial charge in [-0.3, -0.25) is 4.90 Å². The molecule has 0 aliphatic carbocycles. The lowest BCUT2D eigenvalue weighted by atomic mass is 10.00. The molecular weight excluding hydrogens is 392 g/mol. The minimum Gasteiger partial charge on any atom is -0.507 e. The van der Waals surface area contributed by atoms with Crippen LogP contribution in [0, 0.1) is 0 Å². The molecule has 3 atom stereocenters. The minimum absolute atomic E-state index is 0.0679. The Kier molecular flexibility index (Phi) is 4.43. The maximum Gasteiger partial charge on any atom is 0.264 e. The molecule has 7 nitrogen and oxygen atoms in total. The van der Waals surface area contributed by atoms with E-state index in [2.05, 4.69) is 15.2 Å². The molecule has 30 heavy (non-hydrogen) atoms. The number of imidazole rings is 1. The Balaban J connectivity index is 1.30. The molecule has 2 aromatic heterocycles. The van der Waals surface area contributed by atoms with Crippen molar-refractivity contribution in [2.24, 2.45) is 0 Å². The van der Waals surface area contributed by atoms with E-state index in [0.717, 1.165) is 5.69 Å². The number of hydrogen-bond donors (Lipinski definition) is 1. The molecule has 2 aliphatic heterocycles. The molecular formula is C21H21F2N5O2. The highest BCUT2D eigenvalue weighted by molar-refractivity contribution is 5.68. The summed E-state index contributed by atoms with van der Waals surface area (Å²) in [6.07, 6.45) is 5.46. The normalized spacial score (nSPS) is 25.4. The molecule has 0 spiro atoms. The van der Waals surface area contributed by atoms with Gasteiger partial charge in [0.05, 0.1) is 23.8 Å². The van der Waals surface area contributed by atoms with Gasteiger partial charge in [0, 0.05) is 55.4 Å². The molecule has 2 fully saturated rings. The molecule has 1 N–H and O–H groups in total. The smallest absolute Gasteiger partial charge is 0.264 e. The van der Waals surface area contributed by atoms with Crippen LogP contribution in [0.1, 0.15) is 19.3 Å². The van der Waals surface area contributed by atoms with Gasteiger partial charge < -0.3 is 14.4 Å². The highest BCUT2D eigenvalue weighted by Gasteiger charge is 2.56. The largest absolute Gasteiger partial charge is 0.507 e. The number of phenols is 1. The van der Waals surface area contributed by atoms with Crippen LogP contribution in [-0.2, 0) is 0 Å². The van der Waals surface area contributed by atoms with E-state index in [9.17, 15) is 13.9 Å². The number of fused-ring (bicyclic) bond motifs is 2. The summed E-state index contributed by atoms with van der Waals surface area (Å²) in [4.78, 5) is 5.76. The molecule has 2 unspecified atom stereocenters. The van der Waals surface area contributed by atoms with Gasteiger partial charge in [0.1, 0.15) is 11.9 Å². The van der Waals surface area contributed by atoms with Gasteiger partial charge in [-0.25, -0.2) is 13.8 Å². The van der Waals surface area contributed by atoms with Gasteiger partial charge in [0.2, 0.25) is 5.88 Å². The topological polar surface area (TPSA) is 76.3 Å². The van der Waals surface area contributed by atoms with Crippen LogP contribution in [0.4, 0.5) is 8.78 Å². The third-order valence-corrected chi connectivity index (χ3v) is 6.07. The Hall–Kier alpha value is -3.07. The SMILES string of the molecule is CN1C2C[C@H](Oc3ccc(-c4ccc(-n5ccnc5)cc4O)nn3)CC1C(F)(F)C2. The van der Waals surface area contributed by atoms with E-state index in [-0.39, 0.29) is 30.7 Å². The van der Waals surface area contributed by atoms with Crippen LogP contribution in [0.25, 0.3) is 16.9 Å². The lowest BCUT2D eigenvalue weighted by molar-refractivity contribution is -0.0479. The average Bonchev–Trinajstić information content (AvgIpc) is 3.28. The van der Waals surface area contributed by atoms with Crippen LogP contribution in [0.5, 0.6) is 11.6 Å². The van der Waals surface area contributed by atoms with Crippen LogP contribution in [0.3, 0.4) is 0 Å². The fourth-order valence-corrected chi connectivity index (χ4v) is 4.49. The molecule has 0 amide bonds. The molecule has 0 saturated carbocycles. The number of ether oxygens (including phenoxy) is 1. The molecule has 1 aromatic carbocycles. The first-order valence-electron chi connectivity index (χ1n) is 9.82. The van der Waals surface area contributed by atoms with Crippen molar-refractivity contribution < 1.29 is 18.6 Å². The molecule has 3 aromatic rings. The molecule has 9 heteroatoms. The Morgan fingerprint density at radius 1 is 1.17 bits per heavy atom. The Morgan fingerprint density at radius 3 is 2.70 bits per heavy atom. The van der Waals surface area contributed by atoms with Gasteiger partial charge in [-0.15, -0.1) is 10.2 Å². The highest BCUT2D eigenvalue weighted by Crippen LogP contribution is 2.45. The second-order valence-electron chi connectivity index (χ2n) is 7.94. The second kappa shape index (κ2) is 7.02. The Morgan fingerprint density at radius 2 is 2.03 bits per heavy atom. The van der Waals surface area contributed by atoms with E-state index in [1.54, 1.807) is 59.5 Å². The monoisotopic (exact) mass is 413 g/mol. The number of aromatic hydroxyl groups is 1. The van der Waals surface area contributed by atoms with E-state index in [4.69, 9.17) is 4.74 Å². The third-order valence-electron chi connectivity index (χ3n) is 6.07. The fourth-order valence-electron chi connectivity index (χ4n) is 4.49. The quantitative estimate of drug-likeness (QED) is 0.708. The number of aromatic nitrogens is 4. The summed E-state index contributed by atoms with van der Waals surface area (Å²) in [7, 11) is 1.76. The van der Waals surface area contributed by atoms with Crippen molar-refractivity contribution >= 4 is 0 Å². The number of alkyl halides is 2. The standard InChI is InChI=1S/C21H21F2N5O2/c1-27-14-8-15(10-19(27)21(22,23)11-14)30-20-5-4-17(25-26-20)16-3-2-13(9-18(16)29)28-7-6-24-12-28/h2-7,9,12,14-15,19,29H,8,10-11H2,1H3/t14?,15-,19?/m0/s1. The number of piperidine rings is 1. The molecule has 2 aliphatic rings. The Bertz CT molecular complexity index is 1040. The van der Waals surface area contributed by atoms with Crippen molar-refractivity contribution in [3.8, 4) is 28.6 Å². The molecule has 156 valence electrons. The van der Waals surface area contributed by atoms with Gasteiger partial charge >= 0.3 is 0 Å². The van der Waals surface area contributed by atoms with Gasteiger partial charge in [-0.1, -0.05) is 0 Å². The molecule has 5 rings (SSSR count). The van der Waals surface area contributed by atoms with Crippen LogP contribution in [0.15, 0.2) is 49.1 Å². The van der Waals surface area contributed by atoms with Crippen LogP contribution >= 0.6 is 0 Å². The van der Waals surface area contributed by atoms with Crippen LogP contribution < -0.4 is 4.74 Å². The number of rotatable bonds is 4. The Labute approximate surface area is 171 Å². The van der Waals surface area contributed by atoms with Crippen molar-refractivity contribution in [1.82, 2.24) is 24.6 Å². The van der Waals surface area contributed by atoms with Crippen molar-refractivity contribution in [2.75, 3.05) is 7.05 Å². The van der Waals surface area contributed by atoms with E-state index < -0.39 is 12.0 Å². The summed E-state index contributed by atoms with van der Waals surface area (Å²) in [5.74, 6) is -2.31. The predicted octanol–water partition coefficient (Wildman–Crippen LogP) is 3.28.